The second kappa shape index (κ2) is 10.3. The van der Waals surface area contributed by atoms with Gasteiger partial charge in [0.25, 0.3) is 5.91 Å². The fraction of sp³-hybridized carbons (Fsp3) is 0.286. The van der Waals surface area contributed by atoms with Crippen molar-refractivity contribution in [1.82, 2.24) is 0 Å². The van der Waals surface area contributed by atoms with Gasteiger partial charge in [-0.3, -0.25) is 9.59 Å². The Labute approximate surface area is 204 Å². The van der Waals surface area contributed by atoms with Gasteiger partial charge in [0.2, 0.25) is 5.91 Å². The molecule has 5 heteroatoms. The maximum absolute atomic E-state index is 13.5. The first-order valence-corrected chi connectivity index (χ1v) is 12.4. The number of carbonyl (C=O) groups is 2. The van der Waals surface area contributed by atoms with Crippen LogP contribution >= 0.6 is 15.9 Å². The maximum Gasteiger partial charge on any atom is 0.258 e. The van der Waals surface area contributed by atoms with Crippen molar-refractivity contribution in [3.05, 3.63) is 94.5 Å². The number of nitrogens with zero attached hydrogens (tertiary/aromatic N) is 2. The van der Waals surface area contributed by atoms with Crippen LogP contribution in [0.15, 0.2) is 83.3 Å². The fourth-order valence-corrected chi connectivity index (χ4v) is 4.99. The number of amides is 2. The first kappa shape index (κ1) is 23.2. The third-order valence-electron chi connectivity index (χ3n) is 6.21. The van der Waals surface area contributed by atoms with E-state index in [9.17, 15) is 9.59 Å². The molecule has 0 radical (unpaired) electrons. The van der Waals surface area contributed by atoms with E-state index in [2.05, 4.69) is 35.8 Å². The number of unbranched alkanes of at least 4 members (excludes halogenated alkanes) is 1. The molecule has 170 valence electrons. The molecule has 0 saturated carbocycles. The fourth-order valence-electron chi connectivity index (χ4n) is 4.61. The normalized spacial score (nSPS) is 17.4. The molecule has 0 N–H and O–H groups in total. The topological polar surface area (TPSA) is 40.6 Å². The van der Waals surface area contributed by atoms with Crippen molar-refractivity contribution in [3.8, 4) is 0 Å². The molecule has 0 fully saturated rings. The van der Waals surface area contributed by atoms with Crippen molar-refractivity contribution >= 4 is 39.1 Å². The van der Waals surface area contributed by atoms with E-state index in [0.717, 1.165) is 34.3 Å². The molecule has 3 aromatic carbocycles. The van der Waals surface area contributed by atoms with Crippen molar-refractivity contribution < 1.29 is 9.59 Å². The van der Waals surface area contributed by atoms with Gasteiger partial charge in [-0.15, -0.1) is 0 Å². The van der Waals surface area contributed by atoms with E-state index >= 15 is 0 Å². The summed E-state index contributed by atoms with van der Waals surface area (Å²) in [6, 6.07) is 25.1. The van der Waals surface area contributed by atoms with Gasteiger partial charge in [0, 0.05) is 33.9 Å². The molecule has 0 aliphatic carbocycles. The van der Waals surface area contributed by atoms with Crippen LogP contribution in [-0.4, -0.2) is 17.9 Å². The number of anilines is 2. The van der Waals surface area contributed by atoms with Gasteiger partial charge in [-0.1, -0.05) is 65.7 Å². The van der Waals surface area contributed by atoms with Gasteiger partial charge in [-0.2, -0.15) is 0 Å². The van der Waals surface area contributed by atoms with Crippen LogP contribution in [0.4, 0.5) is 11.4 Å². The first-order chi connectivity index (χ1) is 16.0. The molecule has 0 saturated heterocycles. The number of halogens is 1. The Hall–Kier alpha value is -2.92. The van der Waals surface area contributed by atoms with E-state index in [-0.39, 0.29) is 23.9 Å². The summed E-state index contributed by atoms with van der Waals surface area (Å²) in [5.74, 6) is 0.0997. The summed E-state index contributed by atoms with van der Waals surface area (Å²) in [5, 5.41) is 0. The lowest BCUT2D eigenvalue weighted by Crippen LogP contribution is -2.47. The van der Waals surface area contributed by atoms with Crippen molar-refractivity contribution in [3.63, 3.8) is 0 Å². The minimum atomic E-state index is -0.154. The highest BCUT2D eigenvalue weighted by molar-refractivity contribution is 9.10. The molecule has 33 heavy (non-hydrogen) atoms. The average Bonchev–Trinajstić information content (AvgIpc) is 2.84. The summed E-state index contributed by atoms with van der Waals surface area (Å²) in [4.78, 5) is 30.8. The van der Waals surface area contributed by atoms with Crippen LogP contribution in [0.25, 0.3) is 0 Å². The number of rotatable bonds is 6. The minimum absolute atomic E-state index is 0.0197. The third-order valence-corrected chi connectivity index (χ3v) is 6.70. The molecule has 4 rings (SSSR count). The zero-order valence-electron chi connectivity index (χ0n) is 19.1. The summed E-state index contributed by atoms with van der Waals surface area (Å²) in [7, 11) is 0. The van der Waals surface area contributed by atoms with Crippen LogP contribution in [-0.2, 0) is 4.79 Å². The van der Waals surface area contributed by atoms with Crippen molar-refractivity contribution in [2.75, 3.05) is 9.80 Å². The standard InChI is InChI=1S/C28H29BrN2O2/c1-3-4-15-27(32)31(23-13-9-6-10-14-23)26-18-20(2)30(25-17-16-22(29)19-24(25)26)28(33)21-11-7-5-8-12-21/h5-14,16-17,19-20,26H,3-4,15,18H2,1-2H3/t20-,26-/m0/s1. The van der Waals surface area contributed by atoms with Crippen molar-refractivity contribution in [2.24, 2.45) is 0 Å². The molecule has 1 heterocycles. The second-order valence-corrected chi connectivity index (χ2v) is 9.46. The number of hydrogen-bond donors (Lipinski definition) is 0. The molecular formula is C28H29BrN2O2. The predicted octanol–water partition coefficient (Wildman–Crippen LogP) is 7.15. The monoisotopic (exact) mass is 504 g/mol. The van der Waals surface area contributed by atoms with Crippen LogP contribution in [0.3, 0.4) is 0 Å². The van der Waals surface area contributed by atoms with E-state index in [1.807, 2.05) is 82.6 Å². The first-order valence-electron chi connectivity index (χ1n) is 11.6. The quantitative estimate of drug-likeness (QED) is 0.357. The summed E-state index contributed by atoms with van der Waals surface area (Å²) in [5.41, 5.74) is 3.40. The van der Waals surface area contributed by atoms with Crippen LogP contribution < -0.4 is 9.80 Å². The Balaban J connectivity index is 1.80. The smallest absolute Gasteiger partial charge is 0.258 e. The second-order valence-electron chi connectivity index (χ2n) is 8.55. The third kappa shape index (κ3) is 4.88. The number of benzene rings is 3. The average molecular weight is 505 g/mol. The number of carbonyl (C=O) groups excluding carboxylic acids is 2. The molecule has 2 atom stereocenters. The van der Waals surface area contributed by atoms with Gasteiger partial charge in [-0.25, -0.2) is 0 Å². The van der Waals surface area contributed by atoms with Gasteiger partial charge < -0.3 is 9.80 Å². The summed E-state index contributed by atoms with van der Waals surface area (Å²) < 4.78 is 0.932. The van der Waals surface area contributed by atoms with Gasteiger partial charge in [0.1, 0.15) is 0 Å². The lowest BCUT2D eigenvalue weighted by atomic mass is 9.89. The highest BCUT2D eigenvalue weighted by Gasteiger charge is 2.38. The van der Waals surface area contributed by atoms with E-state index in [1.165, 1.54) is 0 Å². The molecule has 0 unspecified atom stereocenters. The van der Waals surface area contributed by atoms with Crippen LogP contribution in [0.5, 0.6) is 0 Å². The number of fused-ring (bicyclic) bond motifs is 1. The molecule has 0 spiro atoms. The largest absolute Gasteiger partial charge is 0.305 e. The van der Waals surface area contributed by atoms with Gasteiger partial charge in [0.05, 0.1) is 6.04 Å². The number of hydrogen-bond acceptors (Lipinski definition) is 2. The number of para-hydroxylation sites is 1. The van der Waals surface area contributed by atoms with E-state index in [1.54, 1.807) is 0 Å². The van der Waals surface area contributed by atoms with Crippen LogP contribution in [0.1, 0.15) is 61.5 Å². The molecular weight excluding hydrogens is 476 g/mol. The Morgan fingerprint density at radius 2 is 1.67 bits per heavy atom. The zero-order valence-corrected chi connectivity index (χ0v) is 20.7. The highest BCUT2D eigenvalue weighted by Crippen LogP contribution is 2.44. The lowest BCUT2D eigenvalue weighted by molar-refractivity contribution is -0.119. The molecule has 0 bridgehead atoms. The molecule has 0 aromatic heterocycles. The molecule has 4 nitrogen and oxygen atoms in total. The molecule has 1 aliphatic heterocycles. The summed E-state index contributed by atoms with van der Waals surface area (Å²) >= 11 is 3.61. The van der Waals surface area contributed by atoms with Gasteiger partial charge >= 0.3 is 0 Å². The van der Waals surface area contributed by atoms with Gasteiger partial charge in [0.15, 0.2) is 0 Å². The Morgan fingerprint density at radius 3 is 2.33 bits per heavy atom. The predicted molar refractivity (Wildman–Crippen MR) is 138 cm³/mol. The molecule has 2 amide bonds. The highest BCUT2D eigenvalue weighted by atomic mass is 79.9. The van der Waals surface area contributed by atoms with Crippen molar-refractivity contribution in [1.29, 1.82) is 0 Å². The SMILES string of the molecule is CCCCC(=O)N(c1ccccc1)[C@H]1C[C@H](C)N(C(=O)c2ccccc2)c2ccc(Br)cc21. The Morgan fingerprint density at radius 1 is 1.00 bits per heavy atom. The summed E-state index contributed by atoms with van der Waals surface area (Å²) in [6.07, 6.45) is 2.99. The molecule has 1 aliphatic rings. The lowest BCUT2D eigenvalue weighted by Gasteiger charge is -2.43. The molecule has 3 aromatic rings. The Kier molecular flexibility index (Phi) is 7.29. The Bertz CT molecular complexity index is 1120. The van der Waals surface area contributed by atoms with E-state index in [4.69, 9.17) is 0 Å². The van der Waals surface area contributed by atoms with Crippen LogP contribution in [0, 0.1) is 0 Å². The van der Waals surface area contributed by atoms with Gasteiger partial charge in [-0.05, 0) is 67.8 Å². The summed E-state index contributed by atoms with van der Waals surface area (Å²) in [6.45, 7) is 4.17. The van der Waals surface area contributed by atoms with Crippen LogP contribution in [0.2, 0.25) is 0 Å². The minimum Gasteiger partial charge on any atom is -0.305 e. The van der Waals surface area contributed by atoms with Crippen molar-refractivity contribution in [2.45, 2.75) is 51.6 Å². The van der Waals surface area contributed by atoms with E-state index < -0.39 is 0 Å². The maximum atomic E-state index is 13.5. The zero-order chi connectivity index (χ0) is 23.4. The van der Waals surface area contributed by atoms with E-state index in [0.29, 0.717) is 18.4 Å².